The third kappa shape index (κ3) is 3.97. The van der Waals surface area contributed by atoms with E-state index in [0.29, 0.717) is 5.02 Å². The maximum Gasteiger partial charge on any atom is 0.242 e. The molecule has 3 N–H and O–H groups in total. The molecule has 2 rings (SSSR count). The summed E-state index contributed by atoms with van der Waals surface area (Å²) in [5.74, 6) is 0. The molecule has 8 heteroatoms. The van der Waals surface area contributed by atoms with Gasteiger partial charge >= 0.3 is 0 Å². The first kappa shape index (κ1) is 17.0. The minimum absolute atomic E-state index is 0. The van der Waals surface area contributed by atoms with Crippen LogP contribution in [0, 0.1) is 0 Å². The molecule has 0 aromatic heterocycles. The van der Waals surface area contributed by atoms with Crippen LogP contribution in [0.1, 0.15) is 19.3 Å². The first-order chi connectivity index (χ1) is 8.32. The third-order valence-corrected chi connectivity index (χ3v) is 5.26. The van der Waals surface area contributed by atoms with Gasteiger partial charge in [0.05, 0.1) is 5.02 Å². The van der Waals surface area contributed by atoms with Crippen LogP contribution < -0.4 is 10.5 Å². The largest absolute Gasteiger partial charge is 0.324 e. The van der Waals surface area contributed by atoms with Crippen molar-refractivity contribution < 1.29 is 8.42 Å². The number of benzene rings is 1. The SMILES string of the molecule is Cl.NC1(CNS(=O)(=O)c2cc(Cl)ccc2Cl)CCC1. The van der Waals surface area contributed by atoms with E-state index in [1.54, 1.807) is 6.07 Å². The fourth-order valence-electron chi connectivity index (χ4n) is 1.81. The van der Waals surface area contributed by atoms with E-state index >= 15 is 0 Å². The van der Waals surface area contributed by atoms with Gasteiger partial charge in [-0.05, 0) is 37.5 Å². The Labute approximate surface area is 129 Å². The Hall–Kier alpha value is -0.0400. The highest BCUT2D eigenvalue weighted by Crippen LogP contribution is 2.29. The van der Waals surface area contributed by atoms with Crippen molar-refractivity contribution in [1.82, 2.24) is 4.72 Å². The molecule has 1 aromatic rings. The molecular weight excluding hydrogens is 331 g/mol. The molecule has 19 heavy (non-hydrogen) atoms. The first-order valence-electron chi connectivity index (χ1n) is 5.56. The summed E-state index contributed by atoms with van der Waals surface area (Å²) in [6, 6.07) is 4.33. The standard InChI is InChI=1S/C11H14Cl2N2O2S.ClH/c12-8-2-3-9(13)10(6-8)18(16,17)15-7-11(14)4-1-5-11;/h2-3,6,15H,1,4-5,7,14H2;1H. The lowest BCUT2D eigenvalue weighted by atomic mass is 9.78. The lowest BCUT2D eigenvalue weighted by Crippen LogP contribution is -2.54. The van der Waals surface area contributed by atoms with E-state index in [9.17, 15) is 8.42 Å². The van der Waals surface area contributed by atoms with Gasteiger partial charge in [-0.2, -0.15) is 0 Å². The van der Waals surface area contributed by atoms with Crippen LogP contribution in [0.5, 0.6) is 0 Å². The Bertz CT molecular complexity index is 559. The number of rotatable bonds is 4. The summed E-state index contributed by atoms with van der Waals surface area (Å²) in [6.07, 6.45) is 2.70. The molecule has 0 amide bonds. The number of nitrogens with one attached hydrogen (secondary N) is 1. The second kappa shape index (κ2) is 6.16. The third-order valence-electron chi connectivity index (χ3n) is 3.15. The van der Waals surface area contributed by atoms with E-state index in [-0.39, 0.29) is 28.9 Å². The lowest BCUT2D eigenvalue weighted by molar-refractivity contribution is 0.251. The maximum atomic E-state index is 12.1. The monoisotopic (exact) mass is 344 g/mol. The van der Waals surface area contributed by atoms with Crippen LogP contribution in [-0.4, -0.2) is 20.5 Å². The van der Waals surface area contributed by atoms with Crippen LogP contribution in [-0.2, 0) is 10.0 Å². The number of hydrogen-bond acceptors (Lipinski definition) is 3. The molecule has 4 nitrogen and oxygen atoms in total. The second-order valence-corrected chi connectivity index (χ2v) is 7.19. The van der Waals surface area contributed by atoms with E-state index in [1.807, 2.05) is 0 Å². The van der Waals surface area contributed by atoms with Crippen molar-refractivity contribution >= 4 is 45.6 Å². The Morgan fingerprint density at radius 2 is 1.95 bits per heavy atom. The molecular formula is C11H15Cl3N2O2S. The predicted octanol–water partition coefficient (Wildman–Crippen LogP) is 2.57. The average Bonchev–Trinajstić information content (AvgIpc) is 2.27. The summed E-state index contributed by atoms with van der Waals surface area (Å²) >= 11 is 11.6. The van der Waals surface area contributed by atoms with Crippen molar-refractivity contribution in [3.8, 4) is 0 Å². The van der Waals surface area contributed by atoms with E-state index in [1.165, 1.54) is 12.1 Å². The van der Waals surface area contributed by atoms with Gasteiger partial charge in [0.25, 0.3) is 0 Å². The molecule has 1 fully saturated rings. The number of hydrogen-bond donors (Lipinski definition) is 2. The van der Waals surface area contributed by atoms with Crippen molar-refractivity contribution in [1.29, 1.82) is 0 Å². The van der Waals surface area contributed by atoms with E-state index in [2.05, 4.69) is 4.72 Å². The summed E-state index contributed by atoms with van der Waals surface area (Å²) in [4.78, 5) is -0.0143. The van der Waals surface area contributed by atoms with Crippen LogP contribution in [0.25, 0.3) is 0 Å². The predicted molar refractivity (Wildman–Crippen MR) is 79.7 cm³/mol. The highest BCUT2D eigenvalue weighted by atomic mass is 35.5. The second-order valence-electron chi connectivity index (χ2n) is 4.62. The summed E-state index contributed by atoms with van der Waals surface area (Å²) < 4.78 is 26.7. The molecule has 0 bridgehead atoms. The number of nitrogens with two attached hydrogens (primary N) is 1. The maximum absolute atomic E-state index is 12.1. The quantitative estimate of drug-likeness (QED) is 0.881. The van der Waals surface area contributed by atoms with E-state index in [4.69, 9.17) is 28.9 Å². The molecule has 0 unspecified atom stereocenters. The molecule has 1 aliphatic rings. The van der Waals surface area contributed by atoms with Gasteiger partial charge in [0.15, 0.2) is 0 Å². The van der Waals surface area contributed by atoms with Gasteiger partial charge in [-0.25, -0.2) is 13.1 Å². The molecule has 0 spiro atoms. The Kier molecular flexibility index (Phi) is 5.52. The zero-order chi connectivity index (χ0) is 13.4. The summed E-state index contributed by atoms with van der Waals surface area (Å²) in [5, 5.41) is 0.470. The highest BCUT2D eigenvalue weighted by molar-refractivity contribution is 7.89. The molecule has 0 atom stereocenters. The molecule has 1 aliphatic carbocycles. The van der Waals surface area contributed by atoms with Crippen LogP contribution in [0.2, 0.25) is 10.0 Å². The van der Waals surface area contributed by atoms with E-state index in [0.717, 1.165) is 19.3 Å². The van der Waals surface area contributed by atoms with Crippen LogP contribution in [0.3, 0.4) is 0 Å². The molecule has 0 aliphatic heterocycles. The number of sulfonamides is 1. The fraction of sp³-hybridized carbons (Fsp3) is 0.455. The average molecular weight is 346 g/mol. The van der Waals surface area contributed by atoms with Gasteiger partial charge in [-0.15, -0.1) is 12.4 Å². The van der Waals surface area contributed by atoms with Crippen molar-refractivity contribution in [2.75, 3.05) is 6.54 Å². The van der Waals surface area contributed by atoms with E-state index < -0.39 is 15.6 Å². The first-order valence-corrected chi connectivity index (χ1v) is 7.80. The Morgan fingerprint density at radius 1 is 1.32 bits per heavy atom. The van der Waals surface area contributed by atoms with Gasteiger partial charge < -0.3 is 5.73 Å². The molecule has 0 saturated heterocycles. The van der Waals surface area contributed by atoms with Crippen molar-refractivity contribution in [3.63, 3.8) is 0 Å². The smallest absolute Gasteiger partial charge is 0.242 e. The van der Waals surface area contributed by atoms with Crippen molar-refractivity contribution in [3.05, 3.63) is 28.2 Å². The minimum atomic E-state index is -3.67. The zero-order valence-corrected chi connectivity index (χ0v) is 13.2. The van der Waals surface area contributed by atoms with Crippen molar-refractivity contribution in [2.45, 2.75) is 29.7 Å². The summed E-state index contributed by atoms with van der Waals surface area (Å²) in [7, 11) is -3.67. The molecule has 108 valence electrons. The minimum Gasteiger partial charge on any atom is -0.324 e. The lowest BCUT2D eigenvalue weighted by Gasteiger charge is -2.38. The van der Waals surface area contributed by atoms with Gasteiger partial charge in [-0.1, -0.05) is 23.2 Å². The molecule has 0 radical (unpaired) electrons. The Balaban J connectivity index is 0.00000180. The summed E-state index contributed by atoms with van der Waals surface area (Å²) in [5.41, 5.74) is 5.55. The number of halogens is 3. The van der Waals surface area contributed by atoms with Gasteiger partial charge in [0.2, 0.25) is 10.0 Å². The van der Waals surface area contributed by atoms with Gasteiger partial charge in [0, 0.05) is 17.1 Å². The topological polar surface area (TPSA) is 72.2 Å². The van der Waals surface area contributed by atoms with Crippen LogP contribution in [0.15, 0.2) is 23.1 Å². The fourth-order valence-corrected chi connectivity index (χ4v) is 3.71. The van der Waals surface area contributed by atoms with Crippen LogP contribution >= 0.6 is 35.6 Å². The Morgan fingerprint density at radius 3 is 2.47 bits per heavy atom. The zero-order valence-electron chi connectivity index (χ0n) is 10.0. The van der Waals surface area contributed by atoms with Gasteiger partial charge in [-0.3, -0.25) is 0 Å². The molecule has 0 heterocycles. The van der Waals surface area contributed by atoms with Crippen LogP contribution in [0.4, 0.5) is 0 Å². The highest BCUT2D eigenvalue weighted by Gasteiger charge is 2.34. The summed E-state index contributed by atoms with van der Waals surface area (Å²) in [6.45, 7) is 0.220. The van der Waals surface area contributed by atoms with Gasteiger partial charge in [0.1, 0.15) is 4.90 Å². The molecule has 1 saturated carbocycles. The van der Waals surface area contributed by atoms with Crippen molar-refractivity contribution in [2.24, 2.45) is 5.73 Å². The normalized spacial score (nSPS) is 17.4. The molecule has 1 aromatic carbocycles.